The zero-order valence-electron chi connectivity index (χ0n) is 11.1. The number of piperidine rings is 1. The summed E-state index contributed by atoms with van der Waals surface area (Å²) in [5.74, 6) is 1.56. The molecule has 0 amide bonds. The summed E-state index contributed by atoms with van der Waals surface area (Å²) in [6, 6.07) is 0. The summed E-state index contributed by atoms with van der Waals surface area (Å²) in [6.45, 7) is 2.92. The molecule has 18 heavy (non-hydrogen) atoms. The van der Waals surface area contributed by atoms with Crippen molar-refractivity contribution in [1.29, 1.82) is 0 Å². The average Bonchev–Trinajstić information content (AvgIpc) is 2.88. The number of aryl methyl sites for hydroxylation is 1. The number of anilines is 1. The van der Waals surface area contributed by atoms with Crippen molar-refractivity contribution in [2.24, 2.45) is 5.73 Å². The molecule has 2 rings (SSSR count). The maximum atomic E-state index is 5.46. The van der Waals surface area contributed by atoms with Crippen LogP contribution in [-0.4, -0.2) is 29.8 Å². The molecule has 5 nitrogen and oxygen atoms in total. The SMILES string of the molecule is NCCCCCCc1nc(N2CCCCC2)no1. The van der Waals surface area contributed by atoms with Gasteiger partial charge < -0.3 is 15.2 Å². The van der Waals surface area contributed by atoms with E-state index in [9.17, 15) is 0 Å². The standard InChI is InChI=1S/C13H24N4O/c14-9-5-2-1-4-8-12-15-13(16-18-12)17-10-6-3-7-11-17/h1-11,14H2. The lowest BCUT2D eigenvalue weighted by Gasteiger charge is -2.24. The van der Waals surface area contributed by atoms with Crippen LogP contribution in [0.5, 0.6) is 0 Å². The lowest BCUT2D eigenvalue weighted by atomic mass is 10.1. The molecule has 2 N–H and O–H groups in total. The third-order valence-corrected chi connectivity index (χ3v) is 3.44. The highest BCUT2D eigenvalue weighted by Gasteiger charge is 2.16. The molecule has 1 fully saturated rings. The van der Waals surface area contributed by atoms with Gasteiger partial charge in [-0.25, -0.2) is 0 Å². The van der Waals surface area contributed by atoms with Gasteiger partial charge in [0.1, 0.15) is 0 Å². The summed E-state index contributed by atoms with van der Waals surface area (Å²) in [5, 5.41) is 4.07. The lowest BCUT2D eigenvalue weighted by Crippen LogP contribution is -2.30. The molecule has 0 unspecified atom stereocenters. The molecule has 0 radical (unpaired) electrons. The summed E-state index contributed by atoms with van der Waals surface area (Å²) < 4.78 is 5.30. The Hall–Kier alpha value is -1.10. The molecule has 1 aliphatic rings. The molecule has 1 aromatic rings. The quantitative estimate of drug-likeness (QED) is 0.753. The van der Waals surface area contributed by atoms with Crippen LogP contribution in [0.25, 0.3) is 0 Å². The van der Waals surface area contributed by atoms with Crippen LogP contribution in [0.2, 0.25) is 0 Å². The van der Waals surface area contributed by atoms with E-state index in [1.54, 1.807) is 0 Å². The molecular weight excluding hydrogens is 228 g/mol. The molecule has 0 spiro atoms. The molecular formula is C13H24N4O. The number of unbranched alkanes of at least 4 members (excludes halogenated alkanes) is 3. The minimum absolute atomic E-state index is 0.781. The van der Waals surface area contributed by atoms with Gasteiger partial charge in [-0.3, -0.25) is 0 Å². The summed E-state index contributed by atoms with van der Waals surface area (Å²) in [7, 11) is 0. The van der Waals surface area contributed by atoms with Crippen molar-refractivity contribution < 1.29 is 4.52 Å². The van der Waals surface area contributed by atoms with E-state index >= 15 is 0 Å². The van der Waals surface area contributed by atoms with Crippen LogP contribution in [-0.2, 0) is 6.42 Å². The molecule has 1 saturated heterocycles. The highest BCUT2D eigenvalue weighted by molar-refractivity contribution is 5.27. The highest BCUT2D eigenvalue weighted by Crippen LogP contribution is 2.17. The second-order valence-corrected chi connectivity index (χ2v) is 4.99. The molecule has 0 saturated carbocycles. The topological polar surface area (TPSA) is 68.2 Å². The van der Waals surface area contributed by atoms with Crippen LogP contribution in [0, 0.1) is 0 Å². The zero-order chi connectivity index (χ0) is 12.6. The molecule has 2 heterocycles. The Kier molecular flexibility index (Phi) is 5.45. The molecule has 1 aromatic heterocycles. The first-order chi connectivity index (χ1) is 8.90. The van der Waals surface area contributed by atoms with Crippen LogP contribution in [0.1, 0.15) is 50.8 Å². The minimum atomic E-state index is 0.781. The van der Waals surface area contributed by atoms with Crippen molar-refractivity contribution in [3.63, 3.8) is 0 Å². The van der Waals surface area contributed by atoms with Gasteiger partial charge in [-0.1, -0.05) is 12.8 Å². The van der Waals surface area contributed by atoms with Crippen LogP contribution >= 0.6 is 0 Å². The average molecular weight is 252 g/mol. The van der Waals surface area contributed by atoms with E-state index in [4.69, 9.17) is 10.3 Å². The fraction of sp³-hybridized carbons (Fsp3) is 0.846. The van der Waals surface area contributed by atoms with Gasteiger partial charge in [-0.2, -0.15) is 4.98 Å². The molecule has 1 aliphatic heterocycles. The molecule has 102 valence electrons. The fourth-order valence-corrected chi connectivity index (χ4v) is 2.34. The van der Waals surface area contributed by atoms with E-state index in [2.05, 4.69) is 15.0 Å². The lowest BCUT2D eigenvalue weighted by molar-refractivity contribution is 0.371. The summed E-state index contributed by atoms with van der Waals surface area (Å²) in [4.78, 5) is 6.70. The third-order valence-electron chi connectivity index (χ3n) is 3.44. The maximum Gasteiger partial charge on any atom is 0.266 e. The number of rotatable bonds is 7. The first kappa shape index (κ1) is 13.3. The van der Waals surface area contributed by atoms with Gasteiger partial charge in [-0.15, -0.1) is 0 Å². The molecule has 5 heteroatoms. The Balaban J connectivity index is 1.72. The monoisotopic (exact) mass is 252 g/mol. The van der Waals surface area contributed by atoms with Crippen molar-refractivity contribution in [3.05, 3.63) is 5.89 Å². The van der Waals surface area contributed by atoms with E-state index in [1.807, 2.05) is 0 Å². The van der Waals surface area contributed by atoms with Crippen LogP contribution in [0.15, 0.2) is 4.52 Å². The molecule has 0 aliphatic carbocycles. The van der Waals surface area contributed by atoms with Gasteiger partial charge in [0.25, 0.3) is 5.95 Å². The van der Waals surface area contributed by atoms with E-state index in [0.29, 0.717) is 0 Å². The van der Waals surface area contributed by atoms with Gasteiger partial charge in [-0.05, 0) is 43.8 Å². The van der Waals surface area contributed by atoms with Crippen molar-refractivity contribution in [2.75, 3.05) is 24.5 Å². The fourth-order valence-electron chi connectivity index (χ4n) is 2.34. The predicted molar refractivity (Wildman–Crippen MR) is 71.6 cm³/mol. The van der Waals surface area contributed by atoms with Crippen LogP contribution in [0.3, 0.4) is 0 Å². The van der Waals surface area contributed by atoms with Gasteiger partial charge in [0.05, 0.1) is 0 Å². The summed E-state index contributed by atoms with van der Waals surface area (Å²) in [6.07, 6.45) is 9.31. The maximum absolute atomic E-state index is 5.46. The molecule has 0 bridgehead atoms. The van der Waals surface area contributed by atoms with Gasteiger partial charge in [0.2, 0.25) is 5.89 Å². The van der Waals surface area contributed by atoms with E-state index in [0.717, 1.165) is 50.7 Å². The summed E-state index contributed by atoms with van der Waals surface area (Å²) >= 11 is 0. The normalized spacial score (nSPS) is 16.2. The van der Waals surface area contributed by atoms with Crippen LogP contribution in [0.4, 0.5) is 5.95 Å². The van der Waals surface area contributed by atoms with Crippen molar-refractivity contribution in [3.8, 4) is 0 Å². The number of hydrogen-bond acceptors (Lipinski definition) is 5. The van der Waals surface area contributed by atoms with Crippen molar-refractivity contribution >= 4 is 5.95 Å². The second kappa shape index (κ2) is 7.36. The molecule has 0 atom stereocenters. The Morgan fingerprint density at radius 1 is 1.06 bits per heavy atom. The van der Waals surface area contributed by atoms with Gasteiger partial charge in [0.15, 0.2) is 0 Å². The minimum Gasteiger partial charge on any atom is -0.338 e. The Labute approximate surface area is 109 Å². The van der Waals surface area contributed by atoms with Crippen LogP contribution < -0.4 is 10.6 Å². The summed E-state index contributed by atoms with van der Waals surface area (Å²) in [5.41, 5.74) is 5.46. The number of nitrogens with zero attached hydrogens (tertiary/aromatic N) is 3. The third kappa shape index (κ3) is 3.98. The van der Waals surface area contributed by atoms with Crippen molar-refractivity contribution in [1.82, 2.24) is 10.1 Å². The Morgan fingerprint density at radius 3 is 2.61 bits per heavy atom. The first-order valence-corrected chi connectivity index (χ1v) is 7.18. The van der Waals surface area contributed by atoms with Crippen molar-refractivity contribution in [2.45, 2.75) is 51.4 Å². The first-order valence-electron chi connectivity index (χ1n) is 7.18. The Bertz CT molecular complexity index is 333. The predicted octanol–water partition coefficient (Wildman–Crippen LogP) is 2.12. The number of aromatic nitrogens is 2. The highest BCUT2D eigenvalue weighted by atomic mass is 16.5. The number of nitrogens with two attached hydrogens (primary N) is 1. The Morgan fingerprint density at radius 2 is 1.83 bits per heavy atom. The van der Waals surface area contributed by atoms with E-state index in [1.165, 1.54) is 32.1 Å². The second-order valence-electron chi connectivity index (χ2n) is 4.99. The number of hydrogen-bond donors (Lipinski definition) is 1. The van der Waals surface area contributed by atoms with E-state index < -0.39 is 0 Å². The zero-order valence-corrected chi connectivity index (χ0v) is 11.1. The largest absolute Gasteiger partial charge is 0.338 e. The van der Waals surface area contributed by atoms with Gasteiger partial charge >= 0.3 is 0 Å². The van der Waals surface area contributed by atoms with Gasteiger partial charge in [0, 0.05) is 19.5 Å². The van der Waals surface area contributed by atoms with E-state index in [-0.39, 0.29) is 0 Å². The molecule has 0 aromatic carbocycles. The smallest absolute Gasteiger partial charge is 0.266 e.